The Labute approximate surface area is 203 Å². The maximum atomic E-state index is 13.3. The monoisotopic (exact) mass is 493 g/mol. The molecule has 7 nitrogen and oxygen atoms in total. The fourth-order valence-corrected chi connectivity index (χ4v) is 5.78. The first-order valence-electron chi connectivity index (χ1n) is 12.4. The fraction of sp³-hybridized carbons (Fsp3) is 0.640. The predicted molar refractivity (Wildman–Crippen MR) is 128 cm³/mol. The summed E-state index contributed by atoms with van der Waals surface area (Å²) >= 11 is 0. The van der Waals surface area contributed by atoms with Crippen molar-refractivity contribution < 1.29 is 23.1 Å². The van der Waals surface area contributed by atoms with Crippen LogP contribution in [0.25, 0.3) is 10.9 Å². The van der Waals surface area contributed by atoms with Gasteiger partial charge in [0.2, 0.25) is 5.91 Å². The first kappa shape index (κ1) is 25.6. The smallest absolute Gasteiger partial charge is 0.390 e. The number of anilines is 1. The van der Waals surface area contributed by atoms with Crippen LogP contribution >= 0.6 is 0 Å². The van der Waals surface area contributed by atoms with Crippen molar-refractivity contribution in [3.63, 3.8) is 0 Å². The normalized spacial score (nSPS) is 22.2. The molecule has 2 aliphatic rings. The Bertz CT molecular complexity index is 1050. The molecule has 0 atom stereocenters. The second-order valence-electron chi connectivity index (χ2n) is 9.95. The number of aliphatic hydroxyl groups is 1. The molecular weight excluding hydrogens is 459 g/mol. The van der Waals surface area contributed by atoms with E-state index in [-0.39, 0.29) is 18.0 Å². The van der Waals surface area contributed by atoms with Crippen LogP contribution in [0.5, 0.6) is 0 Å². The molecule has 1 aromatic carbocycles. The summed E-state index contributed by atoms with van der Waals surface area (Å²) in [5, 5.41) is 11.1. The van der Waals surface area contributed by atoms with Gasteiger partial charge in [-0.25, -0.2) is 9.97 Å². The van der Waals surface area contributed by atoms with Gasteiger partial charge in [0.1, 0.15) is 12.1 Å². The van der Waals surface area contributed by atoms with Crippen LogP contribution in [0.2, 0.25) is 0 Å². The summed E-state index contributed by atoms with van der Waals surface area (Å²) in [6.07, 6.45) is 2.29. The molecule has 4 rings (SSSR count). The van der Waals surface area contributed by atoms with Gasteiger partial charge in [0, 0.05) is 24.5 Å². The molecule has 35 heavy (non-hydrogen) atoms. The van der Waals surface area contributed by atoms with Gasteiger partial charge in [0.15, 0.2) is 0 Å². The van der Waals surface area contributed by atoms with Crippen molar-refractivity contribution in [1.29, 1.82) is 0 Å². The third kappa shape index (κ3) is 5.23. The molecule has 1 amide bonds. The van der Waals surface area contributed by atoms with Crippen molar-refractivity contribution in [3.05, 3.63) is 30.1 Å². The Hall–Kier alpha value is -2.46. The molecule has 2 heterocycles. The Morgan fingerprint density at radius 3 is 2.37 bits per heavy atom. The molecule has 1 aromatic heterocycles. The van der Waals surface area contributed by atoms with Crippen LogP contribution < -0.4 is 10.6 Å². The minimum Gasteiger partial charge on any atom is -0.390 e. The van der Waals surface area contributed by atoms with Gasteiger partial charge < -0.3 is 15.7 Å². The summed E-state index contributed by atoms with van der Waals surface area (Å²) in [6, 6.07) is 3.67. The zero-order chi connectivity index (χ0) is 25.4. The standard InChI is InChI=1S/C25H34F3N5O2/c1-3-24(35,4-2)16-5-8-18(9-6-16)32-12-19(13-32)33(14-22(29)34)23-20-11-17(25(26,27)28)7-10-21(20)30-15-31-23/h7,10-11,15-16,18-19,35H,3-6,8-9,12-14H2,1-2H3,(H2,29,34). The molecule has 1 aliphatic carbocycles. The Kier molecular flexibility index (Phi) is 7.24. The number of nitrogens with two attached hydrogens (primary N) is 1. The zero-order valence-electron chi connectivity index (χ0n) is 20.3. The predicted octanol–water partition coefficient (Wildman–Crippen LogP) is 3.73. The van der Waals surface area contributed by atoms with Gasteiger partial charge in [0.25, 0.3) is 0 Å². The van der Waals surface area contributed by atoms with Gasteiger partial charge in [-0.1, -0.05) is 13.8 Å². The number of benzene rings is 1. The number of aromatic nitrogens is 2. The number of hydrogen-bond donors (Lipinski definition) is 2. The summed E-state index contributed by atoms with van der Waals surface area (Å²) in [5.41, 5.74) is 4.51. The van der Waals surface area contributed by atoms with E-state index in [2.05, 4.69) is 14.9 Å². The molecule has 3 N–H and O–H groups in total. The molecule has 0 unspecified atom stereocenters. The highest BCUT2D eigenvalue weighted by atomic mass is 19.4. The largest absolute Gasteiger partial charge is 0.416 e. The number of carbonyl (C=O) groups excluding carboxylic acids is 1. The van der Waals surface area contributed by atoms with Crippen molar-refractivity contribution in [3.8, 4) is 0 Å². The maximum absolute atomic E-state index is 13.3. The second kappa shape index (κ2) is 9.89. The van der Waals surface area contributed by atoms with Crippen molar-refractivity contribution in [1.82, 2.24) is 14.9 Å². The molecule has 10 heteroatoms. The number of rotatable bonds is 8. The van der Waals surface area contributed by atoms with Crippen LogP contribution in [0.15, 0.2) is 24.5 Å². The van der Waals surface area contributed by atoms with Crippen LogP contribution in [-0.4, -0.2) is 63.2 Å². The second-order valence-corrected chi connectivity index (χ2v) is 9.95. The minimum atomic E-state index is -4.50. The summed E-state index contributed by atoms with van der Waals surface area (Å²) in [4.78, 5) is 24.3. The van der Waals surface area contributed by atoms with Crippen LogP contribution in [0.3, 0.4) is 0 Å². The number of carbonyl (C=O) groups is 1. The number of nitrogens with zero attached hydrogens (tertiary/aromatic N) is 4. The van der Waals surface area contributed by atoms with E-state index in [0.717, 1.165) is 50.7 Å². The number of hydrogen-bond acceptors (Lipinski definition) is 6. The van der Waals surface area contributed by atoms with Crippen LogP contribution in [0.1, 0.15) is 57.9 Å². The van der Waals surface area contributed by atoms with Gasteiger partial charge in [-0.3, -0.25) is 9.69 Å². The maximum Gasteiger partial charge on any atom is 0.416 e. The number of alkyl halides is 3. The van der Waals surface area contributed by atoms with Gasteiger partial charge in [0.05, 0.1) is 29.3 Å². The molecule has 1 saturated carbocycles. The number of likely N-dealkylation sites (tertiary alicyclic amines) is 1. The van der Waals surface area contributed by atoms with Crippen molar-refractivity contribution in [2.75, 3.05) is 24.5 Å². The third-order valence-corrected chi connectivity index (χ3v) is 8.07. The Morgan fingerprint density at radius 1 is 1.14 bits per heavy atom. The molecule has 0 radical (unpaired) electrons. The van der Waals surface area contributed by atoms with E-state index in [1.54, 1.807) is 4.90 Å². The van der Waals surface area contributed by atoms with E-state index < -0.39 is 23.2 Å². The summed E-state index contributed by atoms with van der Waals surface area (Å²) in [5.74, 6) is 0.0396. The molecular formula is C25H34F3N5O2. The number of halogens is 3. The van der Waals surface area contributed by atoms with E-state index in [1.165, 1.54) is 12.4 Å². The summed E-state index contributed by atoms with van der Waals surface area (Å²) in [7, 11) is 0. The van der Waals surface area contributed by atoms with E-state index in [9.17, 15) is 23.1 Å². The van der Waals surface area contributed by atoms with Gasteiger partial charge in [-0.05, 0) is 62.6 Å². The highest BCUT2D eigenvalue weighted by Gasteiger charge is 2.42. The van der Waals surface area contributed by atoms with Crippen molar-refractivity contribution in [2.45, 2.75) is 76.2 Å². The Balaban J connectivity index is 1.49. The topological polar surface area (TPSA) is 95.6 Å². The molecule has 0 spiro atoms. The van der Waals surface area contributed by atoms with E-state index in [1.807, 2.05) is 13.8 Å². The first-order chi connectivity index (χ1) is 16.6. The highest BCUT2D eigenvalue weighted by molar-refractivity contribution is 5.92. The lowest BCUT2D eigenvalue weighted by Gasteiger charge is -2.51. The first-order valence-corrected chi connectivity index (χ1v) is 12.4. The molecule has 2 fully saturated rings. The number of amides is 1. The van der Waals surface area contributed by atoms with Gasteiger partial charge in [-0.15, -0.1) is 0 Å². The van der Waals surface area contributed by atoms with E-state index in [0.29, 0.717) is 36.4 Å². The zero-order valence-corrected chi connectivity index (χ0v) is 20.3. The van der Waals surface area contributed by atoms with Gasteiger partial charge in [-0.2, -0.15) is 13.2 Å². The van der Waals surface area contributed by atoms with E-state index >= 15 is 0 Å². The molecule has 0 bridgehead atoms. The van der Waals surface area contributed by atoms with Crippen molar-refractivity contribution in [2.24, 2.45) is 11.7 Å². The quantitative estimate of drug-likeness (QED) is 0.582. The van der Waals surface area contributed by atoms with Crippen LogP contribution in [0.4, 0.5) is 19.0 Å². The lowest BCUT2D eigenvalue weighted by Crippen LogP contribution is -2.64. The molecule has 1 aliphatic heterocycles. The van der Waals surface area contributed by atoms with Crippen LogP contribution in [0, 0.1) is 5.92 Å². The van der Waals surface area contributed by atoms with Gasteiger partial charge >= 0.3 is 6.18 Å². The van der Waals surface area contributed by atoms with Crippen LogP contribution in [-0.2, 0) is 11.0 Å². The SMILES string of the molecule is CCC(O)(CC)C1CCC(N2CC(N(CC(N)=O)c3ncnc4ccc(C(F)(F)F)cc34)C2)CC1. The number of primary amides is 1. The Morgan fingerprint density at radius 2 is 1.80 bits per heavy atom. The molecule has 2 aromatic rings. The molecule has 192 valence electrons. The average Bonchev–Trinajstić information content (AvgIpc) is 2.81. The number of fused-ring (bicyclic) bond motifs is 1. The summed E-state index contributed by atoms with van der Waals surface area (Å²) in [6.45, 7) is 5.31. The lowest BCUT2D eigenvalue weighted by molar-refractivity contribution is -0.137. The fourth-order valence-electron chi connectivity index (χ4n) is 5.78. The third-order valence-electron chi connectivity index (χ3n) is 8.07. The average molecular weight is 494 g/mol. The summed E-state index contributed by atoms with van der Waals surface area (Å²) < 4.78 is 40.0. The lowest BCUT2D eigenvalue weighted by atomic mass is 9.72. The van der Waals surface area contributed by atoms with E-state index in [4.69, 9.17) is 5.73 Å². The van der Waals surface area contributed by atoms with Crippen molar-refractivity contribution >= 4 is 22.6 Å². The minimum absolute atomic E-state index is 0.0870. The highest BCUT2D eigenvalue weighted by Crippen LogP contribution is 2.40. The molecule has 1 saturated heterocycles.